The molecule has 0 amide bonds. The van der Waals surface area contributed by atoms with Gasteiger partial charge in [0.2, 0.25) is 19.9 Å². The van der Waals surface area contributed by atoms with Gasteiger partial charge in [0.25, 0.3) is 0 Å². The third-order valence-electron chi connectivity index (χ3n) is 5.05. The van der Waals surface area contributed by atoms with Gasteiger partial charge in [0.05, 0.1) is 14.7 Å². The minimum atomic E-state index is -3.96. The Bertz CT molecular complexity index is 1060. The molecule has 2 aromatic rings. The Hall–Kier alpha value is -1.81. The van der Waals surface area contributed by atoms with E-state index in [0.29, 0.717) is 12.1 Å². The molecular weight excluding hydrogens is 415 g/mol. The van der Waals surface area contributed by atoms with Crippen LogP contribution in [-0.4, -0.2) is 47.9 Å². The fourth-order valence-corrected chi connectivity index (χ4v) is 6.04. The van der Waals surface area contributed by atoms with Gasteiger partial charge in [0.15, 0.2) is 0 Å². The Morgan fingerprint density at radius 3 is 2.21 bits per heavy atom. The van der Waals surface area contributed by atoms with E-state index in [4.69, 9.17) is 0 Å². The lowest BCUT2D eigenvalue weighted by Gasteiger charge is -2.26. The average molecular weight is 441 g/mol. The van der Waals surface area contributed by atoms with E-state index in [1.54, 1.807) is 6.92 Å². The highest BCUT2D eigenvalue weighted by Gasteiger charge is 2.23. The summed E-state index contributed by atoms with van der Waals surface area (Å²) in [5, 5.41) is 0. The first-order valence-electron chi connectivity index (χ1n) is 9.53. The fourth-order valence-electron chi connectivity index (χ4n) is 3.39. The zero-order chi connectivity index (χ0) is 21.1. The number of hydrogen-bond donors (Lipinski definition) is 1. The highest BCUT2D eigenvalue weighted by molar-refractivity contribution is 7.91. The molecule has 3 rings (SSSR count). The molecule has 0 atom stereocenters. The van der Waals surface area contributed by atoms with Gasteiger partial charge in [0, 0.05) is 13.1 Å². The SMILES string of the molecule is Cc1ccc(S(=O)(=O)c2ccc(F)cc2)cc1S(=O)(=O)NCCN1CCCCC1. The summed E-state index contributed by atoms with van der Waals surface area (Å²) in [5.74, 6) is -0.547. The summed E-state index contributed by atoms with van der Waals surface area (Å²) in [6.45, 7) is 4.42. The highest BCUT2D eigenvalue weighted by Crippen LogP contribution is 2.25. The van der Waals surface area contributed by atoms with Crippen molar-refractivity contribution in [3.05, 3.63) is 53.8 Å². The molecule has 0 radical (unpaired) electrons. The van der Waals surface area contributed by atoms with Gasteiger partial charge < -0.3 is 4.90 Å². The maximum absolute atomic E-state index is 13.1. The van der Waals surface area contributed by atoms with E-state index >= 15 is 0 Å². The molecule has 1 fully saturated rings. The van der Waals surface area contributed by atoms with Gasteiger partial charge in [0.1, 0.15) is 5.82 Å². The number of aryl methyl sites for hydroxylation is 1. The lowest BCUT2D eigenvalue weighted by atomic mass is 10.1. The average Bonchev–Trinajstić information content (AvgIpc) is 2.69. The van der Waals surface area contributed by atoms with Crippen molar-refractivity contribution in [2.45, 2.75) is 40.9 Å². The maximum Gasteiger partial charge on any atom is 0.240 e. The Morgan fingerprint density at radius 2 is 1.55 bits per heavy atom. The van der Waals surface area contributed by atoms with Crippen LogP contribution in [0.15, 0.2) is 57.2 Å². The number of nitrogens with zero attached hydrogens (tertiary/aromatic N) is 1. The van der Waals surface area contributed by atoms with Crippen LogP contribution >= 0.6 is 0 Å². The minimum absolute atomic E-state index is 0.0701. The van der Waals surface area contributed by atoms with Crippen LogP contribution in [0.1, 0.15) is 24.8 Å². The number of hydrogen-bond acceptors (Lipinski definition) is 5. The van der Waals surface area contributed by atoms with E-state index in [9.17, 15) is 21.2 Å². The molecule has 1 saturated heterocycles. The van der Waals surface area contributed by atoms with Crippen LogP contribution in [0.3, 0.4) is 0 Å². The summed E-state index contributed by atoms with van der Waals surface area (Å²) < 4.78 is 66.9. The van der Waals surface area contributed by atoms with Gasteiger partial charge in [-0.1, -0.05) is 12.5 Å². The quantitative estimate of drug-likeness (QED) is 0.670. The van der Waals surface area contributed by atoms with E-state index in [1.165, 1.54) is 18.6 Å². The smallest absolute Gasteiger partial charge is 0.240 e. The summed E-state index contributed by atoms with van der Waals surface area (Å²) in [6.07, 6.45) is 3.45. The first-order chi connectivity index (χ1) is 13.7. The van der Waals surface area contributed by atoms with E-state index in [2.05, 4.69) is 9.62 Å². The largest absolute Gasteiger partial charge is 0.302 e. The van der Waals surface area contributed by atoms with E-state index in [-0.39, 0.29) is 21.2 Å². The van der Waals surface area contributed by atoms with Crippen LogP contribution in [-0.2, 0) is 19.9 Å². The molecule has 158 valence electrons. The molecule has 1 N–H and O–H groups in total. The van der Waals surface area contributed by atoms with Gasteiger partial charge in [-0.05, 0) is 74.8 Å². The Morgan fingerprint density at radius 1 is 0.931 bits per heavy atom. The summed E-state index contributed by atoms with van der Waals surface area (Å²) in [6, 6.07) is 8.43. The summed E-state index contributed by atoms with van der Waals surface area (Å²) >= 11 is 0. The molecule has 29 heavy (non-hydrogen) atoms. The summed E-state index contributed by atoms with van der Waals surface area (Å²) in [7, 11) is -7.82. The van der Waals surface area contributed by atoms with Crippen molar-refractivity contribution in [1.82, 2.24) is 9.62 Å². The van der Waals surface area contributed by atoms with Crippen LogP contribution in [0.2, 0.25) is 0 Å². The molecule has 0 spiro atoms. The third-order valence-corrected chi connectivity index (χ3v) is 8.42. The molecule has 0 bridgehead atoms. The van der Waals surface area contributed by atoms with Crippen LogP contribution in [0, 0.1) is 12.7 Å². The van der Waals surface area contributed by atoms with Crippen molar-refractivity contribution in [3.63, 3.8) is 0 Å². The van der Waals surface area contributed by atoms with E-state index in [1.807, 2.05) is 0 Å². The predicted molar refractivity (Wildman–Crippen MR) is 109 cm³/mol. The lowest BCUT2D eigenvalue weighted by Crippen LogP contribution is -2.37. The number of sulfone groups is 1. The van der Waals surface area contributed by atoms with Gasteiger partial charge in [-0.25, -0.2) is 25.9 Å². The van der Waals surface area contributed by atoms with E-state index in [0.717, 1.165) is 56.3 Å². The number of piperidine rings is 1. The molecule has 1 aliphatic rings. The third kappa shape index (κ3) is 5.22. The first kappa shape index (κ1) is 21.9. The standard InChI is InChI=1S/C20H25FN2O4S2/c1-16-5-8-19(28(24,25)18-9-6-17(21)7-10-18)15-20(16)29(26,27)22-11-14-23-12-3-2-4-13-23/h5-10,15,22H,2-4,11-14H2,1H3. The summed E-state index contributed by atoms with van der Waals surface area (Å²) in [5.41, 5.74) is 0.452. The highest BCUT2D eigenvalue weighted by atomic mass is 32.2. The molecule has 0 saturated carbocycles. The fraction of sp³-hybridized carbons (Fsp3) is 0.400. The molecular formula is C20H25FN2O4S2. The van der Waals surface area contributed by atoms with Crippen LogP contribution in [0.5, 0.6) is 0 Å². The predicted octanol–water partition coefficient (Wildman–Crippen LogP) is 2.73. The second kappa shape index (κ2) is 8.91. The minimum Gasteiger partial charge on any atom is -0.302 e. The zero-order valence-electron chi connectivity index (χ0n) is 16.3. The van der Waals surface area contributed by atoms with Crippen LogP contribution in [0.4, 0.5) is 4.39 Å². The topological polar surface area (TPSA) is 83.5 Å². The molecule has 1 aliphatic heterocycles. The van der Waals surface area contributed by atoms with Gasteiger partial charge >= 0.3 is 0 Å². The van der Waals surface area contributed by atoms with Crippen molar-refractivity contribution in [2.24, 2.45) is 0 Å². The van der Waals surface area contributed by atoms with Crippen molar-refractivity contribution in [2.75, 3.05) is 26.2 Å². The van der Waals surface area contributed by atoms with Crippen LogP contribution in [0.25, 0.3) is 0 Å². The number of nitrogens with one attached hydrogen (secondary N) is 1. The number of likely N-dealkylation sites (tertiary alicyclic amines) is 1. The van der Waals surface area contributed by atoms with Crippen LogP contribution < -0.4 is 4.72 Å². The lowest BCUT2D eigenvalue weighted by molar-refractivity contribution is 0.233. The monoisotopic (exact) mass is 440 g/mol. The molecule has 1 heterocycles. The van der Waals surface area contributed by atoms with Crippen molar-refractivity contribution >= 4 is 19.9 Å². The van der Waals surface area contributed by atoms with E-state index < -0.39 is 25.7 Å². The summed E-state index contributed by atoms with van der Waals surface area (Å²) in [4.78, 5) is 1.91. The Kier molecular flexibility index (Phi) is 6.72. The molecule has 0 aliphatic carbocycles. The van der Waals surface area contributed by atoms with Gasteiger partial charge in [-0.2, -0.15) is 0 Å². The zero-order valence-corrected chi connectivity index (χ0v) is 17.9. The van der Waals surface area contributed by atoms with Crippen molar-refractivity contribution < 1.29 is 21.2 Å². The first-order valence-corrected chi connectivity index (χ1v) is 12.5. The molecule has 6 nitrogen and oxygen atoms in total. The van der Waals surface area contributed by atoms with Gasteiger partial charge in [-0.3, -0.25) is 0 Å². The molecule has 0 unspecified atom stereocenters. The Balaban J connectivity index is 1.81. The molecule has 2 aromatic carbocycles. The number of benzene rings is 2. The number of sulfonamides is 1. The molecule has 0 aromatic heterocycles. The van der Waals surface area contributed by atoms with Gasteiger partial charge in [-0.15, -0.1) is 0 Å². The Labute approximate surface area is 171 Å². The normalized spacial score (nSPS) is 16.1. The number of rotatable bonds is 7. The maximum atomic E-state index is 13.1. The second-order valence-electron chi connectivity index (χ2n) is 7.18. The van der Waals surface area contributed by atoms with Crippen molar-refractivity contribution in [3.8, 4) is 0 Å². The second-order valence-corrected chi connectivity index (χ2v) is 10.9. The molecule has 9 heteroatoms. The number of halogens is 1. The van der Waals surface area contributed by atoms with Crippen molar-refractivity contribution in [1.29, 1.82) is 0 Å².